The number of rotatable bonds is 4. The minimum atomic E-state index is 0.0503. The first kappa shape index (κ1) is 19.2. The van der Waals surface area contributed by atoms with Crippen LogP contribution in [0, 0.1) is 12.8 Å². The van der Waals surface area contributed by atoms with Gasteiger partial charge in [0.25, 0.3) is 5.91 Å². The molecule has 28 heavy (non-hydrogen) atoms. The molecule has 0 aliphatic carbocycles. The normalized spacial score (nSPS) is 14.4. The quantitative estimate of drug-likeness (QED) is 0.466. The summed E-state index contributed by atoms with van der Waals surface area (Å²) in [5.74, 6) is 0.558. The van der Waals surface area contributed by atoms with Crippen molar-refractivity contribution < 1.29 is 4.79 Å². The van der Waals surface area contributed by atoms with Crippen LogP contribution < -0.4 is 4.90 Å². The van der Waals surface area contributed by atoms with E-state index in [9.17, 15) is 4.79 Å². The Morgan fingerprint density at radius 1 is 1.00 bits per heavy atom. The molecule has 0 bridgehead atoms. The number of aromatic nitrogens is 1. The van der Waals surface area contributed by atoms with Gasteiger partial charge < -0.3 is 4.90 Å². The van der Waals surface area contributed by atoms with Gasteiger partial charge in [0.2, 0.25) is 0 Å². The second-order valence-corrected chi connectivity index (χ2v) is 8.79. The largest absolute Gasteiger partial charge is 0.305 e. The highest BCUT2D eigenvalue weighted by Crippen LogP contribution is 2.44. The molecule has 2 heterocycles. The summed E-state index contributed by atoms with van der Waals surface area (Å²) in [6.07, 6.45) is 0.943. The Labute approximate surface area is 175 Å². The average Bonchev–Trinajstić information content (AvgIpc) is 2.88. The zero-order valence-electron chi connectivity index (χ0n) is 16.4. The molecule has 3 nitrogen and oxygen atoms in total. The van der Waals surface area contributed by atoms with Crippen molar-refractivity contribution in [2.24, 2.45) is 5.92 Å². The van der Waals surface area contributed by atoms with Crippen LogP contribution in [0.5, 0.6) is 0 Å². The number of benzene rings is 2. The number of hydrogen-bond acceptors (Lipinski definition) is 2. The minimum absolute atomic E-state index is 0.0503. The Bertz CT molecular complexity index is 1110. The Morgan fingerprint density at radius 2 is 1.68 bits per heavy atom. The summed E-state index contributed by atoms with van der Waals surface area (Å²) in [7, 11) is 0. The lowest BCUT2D eigenvalue weighted by atomic mass is 9.98. The summed E-state index contributed by atoms with van der Waals surface area (Å²) in [4.78, 5) is 20.0. The molecule has 1 unspecified atom stereocenters. The summed E-state index contributed by atoms with van der Waals surface area (Å²) < 4.78 is 0. The molecular formula is C23H22Cl2N2O. The van der Waals surface area contributed by atoms with Crippen molar-refractivity contribution in [2.45, 2.75) is 40.2 Å². The van der Waals surface area contributed by atoms with Crippen molar-refractivity contribution in [1.29, 1.82) is 0 Å². The van der Waals surface area contributed by atoms with Crippen LogP contribution in [0.1, 0.15) is 43.2 Å². The first-order chi connectivity index (χ1) is 13.3. The van der Waals surface area contributed by atoms with Crippen molar-refractivity contribution in [1.82, 2.24) is 4.98 Å². The van der Waals surface area contributed by atoms with Crippen molar-refractivity contribution >= 4 is 45.7 Å². The van der Waals surface area contributed by atoms with Gasteiger partial charge in [0.15, 0.2) is 0 Å². The molecule has 1 atom stereocenters. The van der Waals surface area contributed by atoms with Crippen LogP contribution in [-0.2, 0) is 0 Å². The van der Waals surface area contributed by atoms with Crippen molar-refractivity contribution in [3.63, 3.8) is 0 Å². The molecule has 3 aromatic rings. The van der Waals surface area contributed by atoms with Crippen LogP contribution in [0.2, 0.25) is 10.0 Å². The van der Waals surface area contributed by atoms with E-state index in [0.717, 1.165) is 39.8 Å². The maximum absolute atomic E-state index is 13.2. The van der Waals surface area contributed by atoms with Gasteiger partial charge in [-0.2, -0.15) is 0 Å². The molecule has 0 radical (unpaired) electrons. The zero-order chi connectivity index (χ0) is 20.2. The highest BCUT2D eigenvalue weighted by molar-refractivity contribution is 6.37. The number of pyridine rings is 1. The smallest absolute Gasteiger partial charge is 0.259 e. The lowest BCUT2D eigenvalue weighted by Gasteiger charge is -2.27. The van der Waals surface area contributed by atoms with E-state index in [1.165, 1.54) is 0 Å². The molecular weight excluding hydrogens is 391 g/mol. The highest BCUT2D eigenvalue weighted by Gasteiger charge is 2.34. The molecule has 0 saturated carbocycles. The maximum Gasteiger partial charge on any atom is 0.259 e. The van der Waals surface area contributed by atoms with E-state index in [4.69, 9.17) is 28.2 Å². The van der Waals surface area contributed by atoms with Gasteiger partial charge in [0.05, 0.1) is 16.8 Å². The van der Waals surface area contributed by atoms with Gasteiger partial charge >= 0.3 is 0 Å². The number of hydrogen-bond donors (Lipinski definition) is 0. The summed E-state index contributed by atoms with van der Waals surface area (Å²) in [5.41, 5.74) is 5.12. The fourth-order valence-electron chi connectivity index (χ4n) is 4.20. The van der Waals surface area contributed by atoms with Crippen LogP contribution >= 0.6 is 23.2 Å². The maximum atomic E-state index is 13.2. The van der Waals surface area contributed by atoms with E-state index in [1.807, 2.05) is 42.2 Å². The molecule has 0 N–H and O–H groups in total. The fourth-order valence-corrected chi connectivity index (χ4v) is 4.71. The first-order valence-electron chi connectivity index (χ1n) is 9.51. The second kappa shape index (κ2) is 7.06. The monoisotopic (exact) mass is 412 g/mol. The summed E-state index contributed by atoms with van der Waals surface area (Å²) >= 11 is 12.5. The second-order valence-electron chi connectivity index (χ2n) is 7.94. The van der Waals surface area contributed by atoms with Gasteiger partial charge in [-0.25, -0.2) is 0 Å². The highest BCUT2D eigenvalue weighted by atomic mass is 35.5. The topological polar surface area (TPSA) is 33.2 Å². The predicted molar refractivity (Wildman–Crippen MR) is 118 cm³/mol. The van der Waals surface area contributed by atoms with E-state index in [2.05, 4.69) is 20.8 Å². The van der Waals surface area contributed by atoms with E-state index in [1.54, 1.807) is 6.07 Å². The number of halogens is 2. The molecule has 1 amide bonds. The molecule has 0 spiro atoms. The fraction of sp³-hybridized carbons (Fsp3) is 0.304. The predicted octanol–water partition coefficient (Wildman–Crippen LogP) is 6.91. The molecule has 5 heteroatoms. The van der Waals surface area contributed by atoms with Gasteiger partial charge in [-0.3, -0.25) is 9.78 Å². The van der Waals surface area contributed by atoms with Crippen LogP contribution in [-0.4, -0.2) is 16.9 Å². The number of carbonyl (C=O) groups excluding carboxylic acids is 1. The summed E-state index contributed by atoms with van der Waals surface area (Å²) in [6, 6.07) is 11.4. The van der Waals surface area contributed by atoms with Crippen LogP contribution in [0.3, 0.4) is 0 Å². The number of amides is 1. The number of nitrogens with zero attached hydrogens (tertiary/aromatic N) is 2. The van der Waals surface area contributed by atoms with Crippen molar-refractivity contribution in [3.05, 3.63) is 57.7 Å². The van der Waals surface area contributed by atoms with Crippen LogP contribution in [0.15, 0.2) is 36.4 Å². The van der Waals surface area contributed by atoms with Gasteiger partial charge in [-0.1, -0.05) is 49.2 Å². The van der Waals surface area contributed by atoms with Crippen molar-refractivity contribution in [2.75, 3.05) is 4.90 Å². The summed E-state index contributed by atoms with van der Waals surface area (Å²) in [6.45, 7) is 8.43. The van der Waals surface area contributed by atoms with E-state index in [-0.39, 0.29) is 11.9 Å². The van der Waals surface area contributed by atoms with Crippen LogP contribution in [0.25, 0.3) is 22.0 Å². The Morgan fingerprint density at radius 3 is 2.36 bits per heavy atom. The molecule has 1 aliphatic heterocycles. The molecule has 1 aliphatic rings. The molecule has 144 valence electrons. The Hall–Kier alpha value is -2.10. The number of aryl methyl sites for hydroxylation is 1. The molecule has 1 aromatic heterocycles. The van der Waals surface area contributed by atoms with Crippen LogP contribution in [0.4, 0.5) is 5.69 Å². The molecule has 2 aromatic carbocycles. The molecule has 4 rings (SSSR count). The lowest BCUT2D eigenvalue weighted by Crippen LogP contribution is -2.36. The van der Waals surface area contributed by atoms with Gasteiger partial charge in [-0.15, -0.1) is 0 Å². The minimum Gasteiger partial charge on any atom is -0.305 e. The SMILES string of the molecule is Cc1cc2c3c(ccc(-c4ccc(Cl)cc4Cl)c3n1)C(=O)N2C(C)CC(C)C. The average molecular weight is 413 g/mol. The van der Waals surface area contributed by atoms with E-state index in [0.29, 0.717) is 21.5 Å². The van der Waals surface area contributed by atoms with Crippen molar-refractivity contribution in [3.8, 4) is 11.1 Å². The number of anilines is 1. The third-order valence-corrected chi connectivity index (χ3v) is 5.80. The lowest BCUT2D eigenvalue weighted by molar-refractivity contribution is 0.0982. The van der Waals surface area contributed by atoms with E-state index < -0.39 is 0 Å². The zero-order valence-corrected chi connectivity index (χ0v) is 17.9. The third kappa shape index (κ3) is 3.07. The Kier molecular flexibility index (Phi) is 4.84. The van der Waals surface area contributed by atoms with Gasteiger partial charge in [-0.05, 0) is 50.5 Å². The standard InChI is InChI=1S/C23H22Cl2N2O/c1-12(2)9-14(4)27-20-10-13(3)26-22-17(7-8-18(21(20)22)23(27)28)16-6-5-15(24)11-19(16)25/h5-8,10-12,14H,9H2,1-4H3. The molecule has 0 saturated heterocycles. The first-order valence-corrected chi connectivity index (χ1v) is 10.3. The van der Waals surface area contributed by atoms with E-state index >= 15 is 0 Å². The molecule has 0 fully saturated rings. The van der Waals surface area contributed by atoms with Gasteiger partial charge in [0.1, 0.15) is 0 Å². The summed E-state index contributed by atoms with van der Waals surface area (Å²) in [5, 5.41) is 2.07. The Balaban J connectivity index is 1.97. The number of carbonyl (C=O) groups is 1. The van der Waals surface area contributed by atoms with Gasteiger partial charge in [0, 0.05) is 38.3 Å². The third-order valence-electron chi connectivity index (χ3n) is 5.25.